The number of rotatable bonds is 4. The summed E-state index contributed by atoms with van der Waals surface area (Å²) in [5, 5.41) is 2.91. The van der Waals surface area contributed by atoms with E-state index in [0.717, 1.165) is 21.3 Å². The molecular formula is C20H17BrN2O. The number of hydrogen-bond donors (Lipinski definition) is 1. The molecule has 0 spiro atoms. The summed E-state index contributed by atoms with van der Waals surface area (Å²) in [5.74, 6) is -0.124. The fourth-order valence-corrected chi connectivity index (χ4v) is 2.57. The third-order valence-electron chi connectivity index (χ3n) is 3.74. The van der Waals surface area contributed by atoms with E-state index in [9.17, 15) is 4.79 Å². The second-order valence-corrected chi connectivity index (χ2v) is 6.52. The lowest BCUT2D eigenvalue weighted by molar-refractivity contribution is 0.0950. The standard InChI is InChI=1S/C20H17BrN2O/c1-14-2-6-16(7-3-14)19-11-8-17(13-22-19)20(24)23-12-15-4-9-18(21)10-5-15/h2-11,13H,12H2,1H3,(H,23,24). The zero-order valence-corrected chi connectivity index (χ0v) is 14.9. The van der Waals surface area contributed by atoms with E-state index < -0.39 is 0 Å². The number of nitrogens with zero attached hydrogens (tertiary/aromatic N) is 1. The van der Waals surface area contributed by atoms with Gasteiger partial charge in [-0.15, -0.1) is 0 Å². The molecule has 0 fully saturated rings. The number of hydrogen-bond acceptors (Lipinski definition) is 2. The van der Waals surface area contributed by atoms with Crippen LogP contribution >= 0.6 is 15.9 Å². The lowest BCUT2D eigenvalue weighted by atomic mass is 10.1. The summed E-state index contributed by atoms with van der Waals surface area (Å²) in [6, 6.07) is 19.7. The highest BCUT2D eigenvalue weighted by Gasteiger charge is 2.07. The van der Waals surface area contributed by atoms with E-state index in [1.807, 2.05) is 42.5 Å². The van der Waals surface area contributed by atoms with Crippen molar-refractivity contribution in [2.24, 2.45) is 0 Å². The molecule has 0 aliphatic rings. The first kappa shape index (κ1) is 16.4. The van der Waals surface area contributed by atoms with E-state index in [4.69, 9.17) is 0 Å². The molecular weight excluding hydrogens is 364 g/mol. The van der Waals surface area contributed by atoms with E-state index in [0.29, 0.717) is 12.1 Å². The molecule has 1 amide bonds. The Morgan fingerprint density at radius 2 is 1.71 bits per heavy atom. The lowest BCUT2D eigenvalue weighted by Crippen LogP contribution is -2.22. The molecule has 0 unspecified atom stereocenters. The van der Waals surface area contributed by atoms with E-state index in [1.54, 1.807) is 12.3 Å². The Hall–Kier alpha value is -2.46. The Bertz CT molecular complexity index is 825. The minimum atomic E-state index is -0.124. The minimum Gasteiger partial charge on any atom is -0.348 e. The second kappa shape index (κ2) is 7.41. The first-order chi connectivity index (χ1) is 11.6. The molecule has 120 valence electrons. The Balaban J connectivity index is 1.65. The highest BCUT2D eigenvalue weighted by Crippen LogP contribution is 2.17. The Morgan fingerprint density at radius 1 is 1.00 bits per heavy atom. The molecule has 0 saturated heterocycles. The van der Waals surface area contributed by atoms with Crippen molar-refractivity contribution in [2.75, 3.05) is 0 Å². The van der Waals surface area contributed by atoms with Gasteiger partial charge in [0, 0.05) is 22.8 Å². The maximum absolute atomic E-state index is 12.2. The molecule has 1 N–H and O–H groups in total. The van der Waals surface area contributed by atoms with Gasteiger partial charge >= 0.3 is 0 Å². The third-order valence-corrected chi connectivity index (χ3v) is 4.27. The summed E-state index contributed by atoms with van der Waals surface area (Å²) in [4.78, 5) is 16.6. The van der Waals surface area contributed by atoms with Crippen LogP contribution in [0.5, 0.6) is 0 Å². The lowest BCUT2D eigenvalue weighted by Gasteiger charge is -2.07. The minimum absolute atomic E-state index is 0.124. The number of carbonyl (C=O) groups excluding carboxylic acids is 1. The van der Waals surface area contributed by atoms with Crippen LogP contribution in [-0.2, 0) is 6.54 Å². The van der Waals surface area contributed by atoms with Crippen LogP contribution in [0, 0.1) is 6.92 Å². The van der Waals surface area contributed by atoms with E-state index in [-0.39, 0.29) is 5.91 Å². The number of pyridine rings is 1. The molecule has 0 bridgehead atoms. The van der Waals surface area contributed by atoms with E-state index in [1.165, 1.54) is 5.56 Å². The molecule has 0 aliphatic heterocycles. The van der Waals surface area contributed by atoms with Crippen molar-refractivity contribution in [1.29, 1.82) is 0 Å². The van der Waals surface area contributed by atoms with Crippen LogP contribution in [0.2, 0.25) is 0 Å². The molecule has 24 heavy (non-hydrogen) atoms. The molecule has 0 saturated carbocycles. The monoisotopic (exact) mass is 380 g/mol. The smallest absolute Gasteiger partial charge is 0.253 e. The molecule has 3 aromatic rings. The van der Waals surface area contributed by atoms with Gasteiger partial charge in [0.1, 0.15) is 0 Å². The average Bonchev–Trinajstić information content (AvgIpc) is 2.62. The van der Waals surface area contributed by atoms with Crippen molar-refractivity contribution in [3.8, 4) is 11.3 Å². The highest BCUT2D eigenvalue weighted by molar-refractivity contribution is 9.10. The Kier molecular flexibility index (Phi) is 5.06. The predicted molar refractivity (Wildman–Crippen MR) is 99.7 cm³/mol. The maximum Gasteiger partial charge on any atom is 0.253 e. The van der Waals surface area contributed by atoms with Crippen molar-refractivity contribution in [1.82, 2.24) is 10.3 Å². The van der Waals surface area contributed by atoms with Crippen LogP contribution in [0.15, 0.2) is 71.3 Å². The quantitative estimate of drug-likeness (QED) is 0.709. The summed E-state index contributed by atoms with van der Waals surface area (Å²) in [5.41, 5.74) is 4.73. The zero-order chi connectivity index (χ0) is 16.9. The molecule has 0 aliphatic carbocycles. The summed E-state index contributed by atoms with van der Waals surface area (Å²) >= 11 is 3.40. The van der Waals surface area contributed by atoms with Crippen LogP contribution < -0.4 is 5.32 Å². The Morgan fingerprint density at radius 3 is 2.33 bits per heavy atom. The van der Waals surface area contributed by atoms with Crippen LogP contribution in [0.3, 0.4) is 0 Å². The van der Waals surface area contributed by atoms with Crippen molar-refractivity contribution < 1.29 is 4.79 Å². The third kappa shape index (κ3) is 4.09. The fourth-order valence-electron chi connectivity index (χ4n) is 2.31. The van der Waals surface area contributed by atoms with Gasteiger partial charge in [0.15, 0.2) is 0 Å². The number of aromatic nitrogens is 1. The number of benzene rings is 2. The summed E-state index contributed by atoms with van der Waals surface area (Å²) < 4.78 is 1.02. The van der Waals surface area contributed by atoms with Crippen LogP contribution in [0.4, 0.5) is 0 Å². The number of carbonyl (C=O) groups is 1. The normalized spacial score (nSPS) is 10.4. The molecule has 4 heteroatoms. The molecule has 0 radical (unpaired) electrons. The van der Waals surface area contributed by atoms with Gasteiger partial charge in [0.05, 0.1) is 11.3 Å². The zero-order valence-electron chi connectivity index (χ0n) is 13.3. The fraction of sp³-hybridized carbons (Fsp3) is 0.100. The predicted octanol–water partition coefficient (Wildman–Crippen LogP) is 4.75. The Labute approximate surface area is 149 Å². The van der Waals surface area contributed by atoms with Crippen molar-refractivity contribution >= 4 is 21.8 Å². The molecule has 3 rings (SSSR count). The topological polar surface area (TPSA) is 42.0 Å². The van der Waals surface area contributed by atoms with Crippen molar-refractivity contribution in [3.05, 3.63) is 88.0 Å². The van der Waals surface area contributed by atoms with Crippen molar-refractivity contribution in [2.45, 2.75) is 13.5 Å². The molecule has 3 nitrogen and oxygen atoms in total. The number of amides is 1. The highest BCUT2D eigenvalue weighted by atomic mass is 79.9. The van der Waals surface area contributed by atoms with Gasteiger partial charge in [-0.1, -0.05) is 57.9 Å². The van der Waals surface area contributed by atoms with Gasteiger partial charge in [-0.05, 0) is 36.8 Å². The first-order valence-corrected chi connectivity index (χ1v) is 8.47. The average molecular weight is 381 g/mol. The van der Waals surface area contributed by atoms with Gasteiger partial charge in [-0.3, -0.25) is 9.78 Å². The van der Waals surface area contributed by atoms with Crippen molar-refractivity contribution in [3.63, 3.8) is 0 Å². The van der Waals surface area contributed by atoms with E-state index in [2.05, 4.69) is 45.3 Å². The molecule has 2 aromatic carbocycles. The summed E-state index contributed by atoms with van der Waals surface area (Å²) in [7, 11) is 0. The van der Waals surface area contributed by atoms with Gasteiger partial charge in [0.2, 0.25) is 0 Å². The van der Waals surface area contributed by atoms with Crippen LogP contribution in [-0.4, -0.2) is 10.9 Å². The van der Waals surface area contributed by atoms with Gasteiger partial charge in [-0.25, -0.2) is 0 Å². The van der Waals surface area contributed by atoms with Gasteiger partial charge in [-0.2, -0.15) is 0 Å². The largest absolute Gasteiger partial charge is 0.348 e. The van der Waals surface area contributed by atoms with Crippen LogP contribution in [0.25, 0.3) is 11.3 Å². The number of nitrogens with one attached hydrogen (secondary N) is 1. The number of halogens is 1. The molecule has 1 heterocycles. The SMILES string of the molecule is Cc1ccc(-c2ccc(C(=O)NCc3ccc(Br)cc3)cn2)cc1. The summed E-state index contributed by atoms with van der Waals surface area (Å²) in [6.45, 7) is 2.54. The second-order valence-electron chi connectivity index (χ2n) is 5.61. The van der Waals surface area contributed by atoms with E-state index >= 15 is 0 Å². The van der Waals surface area contributed by atoms with Gasteiger partial charge in [0.25, 0.3) is 5.91 Å². The molecule has 0 atom stereocenters. The number of aryl methyl sites for hydroxylation is 1. The first-order valence-electron chi connectivity index (χ1n) is 7.67. The van der Waals surface area contributed by atoms with Crippen LogP contribution in [0.1, 0.15) is 21.5 Å². The summed E-state index contributed by atoms with van der Waals surface area (Å²) in [6.07, 6.45) is 1.62. The maximum atomic E-state index is 12.2. The molecule has 1 aromatic heterocycles. The van der Waals surface area contributed by atoms with Gasteiger partial charge < -0.3 is 5.32 Å².